The highest BCUT2D eigenvalue weighted by molar-refractivity contribution is 6.31. The second-order valence-corrected chi connectivity index (χ2v) is 3.73. The minimum atomic E-state index is -0.0531. The largest absolute Gasteiger partial charge is 0.506 e. The highest BCUT2D eigenvalue weighted by atomic mass is 35.5. The number of hydrogen-bond acceptors (Lipinski definition) is 2. The maximum Gasteiger partial charge on any atom is 0.230 e. The van der Waals surface area contributed by atoms with Gasteiger partial charge in [-0.05, 0) is 18.2 Å². The Morgan fingerprint density at radius 2 is 2.27 bits per heavy atom. The van der Waals surface area contributed by atoms with Crippen LogP contribution < -0.4 is 0 Å². The van der Waals surface area contributed by atoms with Crippen LogP contribution in [0.2, 0.25) is 5.02 Å². The predicted molar refractivity (Wildman–Crippen MR) is 59.5 cm³/mol. The summed E-state index contributed by atoms with van der Waals surface area (Å²) < 4.78 is 1.45. The van der Waals surface area contributed by atoms with E-state index in [2.05, 4.69) is 0 Å². The molecule has 0 atom stereocenters. The number of aromatic nitrogens is 1. The molecule has 0 aliphatic carbocycles. The van der Waals surface area contributed by atoms with Crippen molar-refractivity contribution < 1.29 is 9.90 Å². The molecule has 78 valence electrons. The number of hydrogen-bond donors (Lipinski definition) is 1. The van der Waals surface area contributed by atoms with Gasteiger partial charge in [-0.15, -0.1) is 0 Å². The Morgan fingerprint density at radius 1 is 1.53 bits per heavy atom. The van der Waals surface area contributed by atoms with Crippen LogP contribution in [0.3, 0.4) is 0 Å². The number of carbonyl (C=O) groups excluding carboxylic acids is 1. The summed E-state index contributed by atoms with van der Waals surface area (Å²) in [7, 11) is 0. The van der Waals surface area contributed by atoms with Crippen LogP contribution in [0.4, 0.5) is 0 Å². The first-order chi connectivity index (χ1) is 7.13. The zero-order valence-electron chi connectivity index (χ0n) is 8.20. The fraction of sp³-hybridized carbons (Fsp3) is 0.182. The number of nitrogens with zero attached hydrogens (tertiary/aromatic N) is 1. The lowest BCUT2D eigenvalue weighted by Crippen LogP contribution is -2.06. The van der Waals surface area contributed by atoms with Gasteiger partial charge >= 0.3 is 0 Å². The second-order valence-electron chi connectivity index (χ2n) is 3.29. The van der Waals surface area contributed by atoms with Crippen molar-refractivity contribution in [1.82, 2.24) is 4.57 Å². The molecular weight excluding hydrogens is 214 g/mol. The molecule has 0 spiro atoms. The molecule has 0 radical (unpaired) electrons. The fourth-order valence-electron chi connectivity index (χ4n) is 1.56. The summed E-state index contributed by atoms with van der Waals surface area (Å²) in [6.07, 6.45) is 1.82. The molecule has 1 aromatic heterocycles. The molecule has 0 saturated carbocycles. The van der Waals surface area contributed by atoms with Crippen molar-refractivity contribution in [2.24, 2.45) is 0 Å². The van der Waals surface area contributed by atoms with Crippen LogP contribution in [0, 0.1) is 0 Å². The molecule has 0 saturated heterocycles. The smallest absolute Gasteiger partial charge is 0.230 e. The second kappa shape index (κ2) is 3.59. The van der Waals surface area contributed by atoms with E-state index in [1.165, 1.54) is 10.8 Å². The van der Waals surface area contributed by atoms with Gasteiger partial charge in [-0.25, -0.2) is 0 Å². The standard InChI is InChI=1S/C11H10ClNO2/c1-2-11(15)13-6-10(14)8-5-7(12)3-4-9(8)13/h3-6,14H,2H2,1H3. The van der Waals surface area contributed by atoms with E-state index in [0.717, 1.165) is 0 Å². The first-order valence-corrected chi connectivity index (χ1v) is 5.04. The van der Waals surface area contributed by atoms with Crippen molar-refractivity contribution in [2.75, 3.05) is 0 Å². The van der Waals surface area contributed by atoms with Gasteiger partial charge in [-0.2, -0.15) is 0 Å². The predicted octanol–water partition coefficient (Wildman–Crippen LogP) is 3.05. The Hall–Kier alpha value is -1.48. The van der Waals surface area contributed by atoms with E-state index in [4.69, 9.17) is 11.6 Å². The van der Waals surface area contributed by atoms with Crippen LogP contribution in [0.1, 0.15) is 18.1 Å². The number of carbonyl (C=O) groups is 1. The number of fused-ring (bicyclic) bond motifs is 1. The van der Waals surface area contributed by atoms with Crippen molar-refractivity contribution in [3.8, 4) is 5.75 Å². The van der Waals surface area contributed by atoms with Gasteiger partial charge in [0.25, 0.3) is 0 Å². The van der Waals surface area contributed by atoms with E-state index >= 15 is 0 Å². The van der Waals surface area contributed by atoms with Crippen LogP contribution in [0.25, 0.3) is 10.9 Å². The molecular formula is C11H10ClNO2. The molecule has 0 aliphatic heterocycles. The van der Waals surface area contributed by atoms with Gasteiger partial charge in [0.2, 0.25) is 5.91 Å². The SMILES string of the molecule is CCC(=O)n1cc(O)c2cc(Cl)ccc21. The van der Waals surface area contributed by atoms with Gasteiger partial charge in [0.05, 0.1) is 11.7 Å². The van der Waals surface area contributed by atoms with Crippen LogP contribution >= 0.6 is 11.6 Å². The van der Waals surface area contributed by atoms with Crippen LogP contribution in [-0.2, 0) is 0 Å². The van der Waals surface area contributed by atoms with Gasteiger partial charge in [-0.1, -0.05) is 18.5 Å². The minimum Gasteiger partial charge on any atom is -0.506 e. The average Bonchev–Trinajstić information content (AvgIpc) is 2.55. The molecule has 2 aromatic rings. The summed E-state index contributed by atoms with van der Waals surface area (Å²) >= 11 is 5.81. The van der Waals surface area contributed by atoms with Crippen molar-refractivity contribution in [3.63, 3.8) is 0 Å². The summed E-state index contributed by atoms with van der Waals surface area (Å²) in [5.74, 6) is 0.0249. The molecule has 0 fully saturated rings. The van der Waals surface area contributed by atoms with E-state index in [1.54, 1.807) is 25.1 Å². The van der Waals surface area contributed by atoms with Crippen LogP contribution in [-0.4, -0.2) is 15.6 Å². The molecule has 15 heavy (non-hydrogen) atoms. The Kier molecular flexibility index (Phi) is 2.40. The summed E-state index contributed by atoms with van der Waals surface area (Å²) in [4.78, 5) is 11.5. The van der Waals surface area contributed by atoms with Crippen molar-refractivity contribution >= 4 is 28.4 Å². The molecule has 0 amide bonds. The lowest BCUT2D eigenvalue weighted by Gasteiger charge is -2.00. The fourth-order valence-corrected chi connectivity index (χ4v) is 1.73. The van der Waals surface area contributed by atoms with Crippen molar-refractivity contribution in [2.45, 2.75) is 13.3 Å². The van der Waals surface area contributed by atoms with Crippen molar-refractivity contribution in [3.05, 3.63) is 29.4 Å². The van der Waals surface area contributed by atoms with E-state index in [1.807, 2.05) is 0 Å². The highest BCUT2D eigenvalue weighted by Gasteiger charge is 2.11. The molecule has 1 heterocycles. The van der Waals surface area contributed by atoms with Crippen molar-refractivity contribution in [1.29, 1.82) is 0 Å². The van der Waals surface area contributed by atoms with Gasteiger partial charge in [0.1, 0.15) is 5.75 Å². The number of aromatic hydroxyl groups is 1. The summed E-state index contributed by atoms with van der Waals surface area (Å²) in [5, 5.41) is 10.8. The summed E-state index contributed by atoms with van der Waals surface area (Å²) in [6.45, 7) is 1.78. The Labute approximate surface area is 91.9 Å². The number of benzene rings is 1. The molecule has 0 bridgehead atoms. The first kappa shape index (κ1) is 10.1. The third-order valence-electron chi connectivity index (χ3n) is 2.32. The van der Waals surface area contributed by atoms with E-state index in [0.29, 0.717) is 22.3 Å². The van der Waals surface area contributed by atoms with Gasteiger partial charge in [-0.3, -0.25) is 9.36 Å². The quantitative estimate of drug-likeness (QED) is 0.808. The Balaban J connectivity index is 2.73. The van der Waals surface area contributed by atoms with Crippen LogP contribution in [0.15, 0.2) is 24.4 Å². The Morgan fingerprint density at radius 3 is 2.93 bits per heavy atom. The molecule has 0 unspecified atom stereocenters. The van der Waals surface area contributed by atoms with Crippen LogP contribution in [0.5, 0.6) is 5.75 Å². The molecule has 3 nitrogen and oxygen atoms in total. The van der Waals surface area contributed by atoms with Gasteiger partial charge in [0.15, 0.2) is 0 Å². The number of halogens is 1. The normalized spacial score (nSPS) is 10.8. The zero-order chi connectivity index (χ0) is 11.0. The van der Waals surface area contributed by atoms with E-state index in [-0.39, 0.29) is 11.7 Å². The lowest BCUT2D eigenvalue weighted by molar-refractivity contribution is 0.0913. The highest BCUT2D eigenvalue weighted by Crippen LogP contribution is 2.29. The monoisotopic (exact) mass is 223 g/mol. The maximum atomic E-state index is 11.5. The number of rotatable bonds is 1. The van der Waals surface area contributed by atoms with Gasteiger partial charge < -0.3 is 5.11 Å². The molecule has 4 heteroatoms. The first-order valence-electron chi connectivity index (χ1n) is 4.66. The average molecular weight is 224 g/mol. The molecule has 0 aliphatic rings. The third kappa shape index (κ3) is 1.59. The minimum absolute atomic E-state index is 0.0531. The van der Waals surface area contributed by atoms with E-state index in [9.17, 15) is 9.90 Å². The van der Waals surface area contributed by atoms with Gasteiger partial charge in [0, 0.05) is 16.8 Å². The molecule has 1 N–H and O–H groups in total. The molecule has 1 aromatic carbocycles. The third-order valence-corrected chi connectivity index (χ3v) is 2.55. The lowest BCUT2D eigenvalue weighted by atomic mass is 10.2. The Bertz CT molecular complexity index is 531. The molecule has 2 rings (SSSR count). The maximum absolute atomic E-state index is 11.5. The summed E-state index contributed by atoms with van der Waals surface area (Å²) in [5.41, 5.74) is 0.684. The topological polar surface area (TPSA) is 42.2 Å². The summed E-state index contributed by atoms with van der Waals surface area (Å²) in [6, 6.07) is 5.07. The van der Waals surface area contributed by atoms with E-state index < -0.39 is 0 Å². The zero-order valence-corrected chi connectivity index (χ0v) is 8.95.